The molecule has 0 unspecified atom stereocenters. The highest BCUT2D eigenvalue weighted by Crippen LogP contribution is 2.26. The number of hydrogen-bond donors (Lipinski definition) is 0. The van der Waals surface area contributed by atoms with Crippen LogP contribution in [0.2, 0.25) is 0 Å². The summed E-state index contributed by atoms with van der Waals surface area (Å²) in [5.41, 5.74) is 1.31. The van der Waals surface area contributed by atoms with E-state index in [4.69, 9.17) is 4.42 Å². The van der Waals surface area contributed by atoms with E-state index in [-0.39, 0.29) is 17.4 Å². The van der Waals surface area contributed by atoms with Gasteiger partial charge in [0.15, 0.2) is 11.5 Å². The van der Waals surface area contributed by atoms with Gasteiger partial charge in [0, 0.05) is 6.42 Å². The summed E-state index contributed by atoms with van der Waals surface area (Å²) >= 11 is 0. The highest BCUT2D eigenvalue weighted by atomic mass is 19.1. The molecule has 0 fully saturated rings. The van der Waals surface area contributed by atoms with E-state index in [9.17, 15) is 9.18 Å². The number of carbonyl (C=O) groups is 1. The normalized spacial score (nSPS) is 10.9. The Balaban J connectivity index is 2.55. The van der Waals surface area contributed by atoms with Crippen molar-refractivity contribution in [3.8, 4) is 0 Å². The molecule has 0 radical (unpaired) electrons. The van der Waals surface area contributed by atoms with Crippen molar-refractivity contribution < 1.29 is 13.6 Å². The van der Waals surface area contributed by atoms with Crippen molar-refractivity contribution >= 4 is 16.8 Å². The molecule has 84 valence electrons. The Labute approximate surface area is 93.1 Å². The lowest BCUT2D eigenvalue weighted by Crippen LogP contribution is -1.94. The van der Waals surface area contributed by atoms with E-state index in [1.165, 1.54) is 12.1 Å². The maximum atomic E-state index is 13.5. The predicted octanol–water partition coefficient (Wildman–Crippen LogP) is 3.86. The smallest absolute Gasteiger partial charge is 0.198 e. The van der Waals surface area contributed by atoms with Crippen molar-refractivity contribution in [3.05, 3.63) is 35.3 Å². The molecule has 3 heteroatoms. The molecule has 0 N–H and O–H groups in total. The molecular weight excluding hydrogens is 207 g/mol. The monoisotopic (exact) mass is 220 g/mol. The number of hydrogen-bond acceptors (Lipinski definition) is 2. The van der Waals surface area contributed by atoms with Gasteiger partial charge in [-0.25, -0.2) is 4.39 Å². The van der Waals surface area contributed by atoms with E-state index in [0.717, 1.165) is 12.0 Å². The first-order chi connectivity index (χ1) is 7.63. The van der Waals surface area contributed by atoms with E-state index < -0.39 is 0 Å². The van der Waals surface area contributed by atoms with Gasteiger partial charge in [-0.2, -0.15) is 0 Å². The summed E-state index contributed by atoms with van der Waals surface area (Å²) in [7, 11) is 0. The van der Waals surface area contributed by atoms with Crippen LogP contribution in [0.1, 0.15) is 35.9 Å². The standard InChI is InChI=1S/C13H13FO2/c1-3-4-11(15)12-7-9-10(14)6-5-8(2)13(9)16-12/h5-7H,3-4H2,1-2H3. The lowest BCUT2D eigenvalue weighted by molar-refractivity contribution is 0.0957. The van der Waals surface area contributed by atoms with E-state index in [1.807, 2.05) is 13.8 Å². The van der Waals surface area contributed by atoms with Gasteiger partial charge in [-0.05, 0) is 31.0 Å². The van der Waals surface area contributed by atoms with Gasteiger partial charge in [-0.15, -0.1) is 0 Å². The number of ketones is 1. The third-order valence-corrected chi connectivity index (χ3v) is 2.58. The maximum absolute atomic E-state index is 13.5. The summed E-state index contributed by atoms with van der Waals surface area (Å²) in [6.45, 7) is 3.76. The number of benzene rings is 1. The predicted molar refractivity (Wildman–Crippen MR) is 60.1 cm³/mol. The lowest BCUT2D eigenvalue weighted by atomic mass is 10.1. The van der Waals surface area contributed by atoms with Crippen molar-refractivity contribution in [1.29, 1.82) is 0 Å². The molecule has 0 bridgehead atoms. The van der Waals surface area contributed by atoms with Gasteiger partial charge in [0.1, 0.15) is 11.4 Å². The minimum absolute atomic E-state index is 0.0718. The fraction of sp³-hybridized carbons (Fsp3) is 0.308. The average Bonchev–Trinajstić information content (AvgIpc) is 2.70. The van der Waals surface area contributed by atoms with Crippen LogP contribution in [0, 0.1) is 12.7 Å². The summed E-state index contributed by atoms with van der Waals surface area (Å²) in [4.78, 5) is 11.6. The Morgan fingerprint density at radius 3 is 2.81 bits per heavy atom. The van der Waals surface area contributed by atoms with Crippen LogP contribution in [0.4, 0.5) is 4.39 Å². The van der Waals surface area contributed by atoms with Gasteiger partial charge in [0.05, 0.1) is 5.39 Å². The fourth-order valence-corrected chi connectivity index (χ4v) is 1.71. The minimum atomic E-state index is -0.347. The number of carbonyl (C=O) groups excluding carboxylic acids is 1. The SMILES string of the molecule is CCCC(=O)c1cc2c(F)ccc(C)c2o1. The Bertz CT molecular complexity index is 501. The summed E-state index contributed by atoms with van der Waals surface area (Å²) in [6.07, 6.45) is 1.19. The average molecular weight is 220 g/mol. The van der Waals surface area contributed by atoms with E-state index in [1.54, 1.807) is 6.07 Å². The Kier molecular flexibility index (Phi) is 2.77. The van der Waals surface area contributed by atoms with Crippen LogP contribution in [-0.2, 0) is 0 Å². The van der Waals surface area contributed by atoms with Gasteiger partial charge in [0.25, 0.3) is 0 Å². The van der Waals surface area contributed by atoms with Crippen LogP contribution >= 0.6 is 0 Å². The van der Waals surface area contributed by atoms with Crippen molar-refractivity contribution in [2.75, 3.05) is 0 Å². The zero-order chi connectivity index (χ0) is 11.7. The van der Waals surface area contributed by atoms with Crippen LogP contribution in [0.25, 0.3) is 11.0 Å². The first-order valence-electron chi connectivity index (χ1n) is 5.35. The zero-order valence-electron chi connectivity index (χ0n) is 9.34. The molecule has 2 nitrogen and oxygen atoms in total. The second-order valence-corrected chi connectivity index (χ2v) is 3.89. The third-order valence-electron chi connectivity index (χ3n) is 2.58. The van der Waals surface area contributed by atoms with E-state index in [2.05, 4.69) is 0 Å². The number of Topliss-reactive ketones (excluding diaryl/α,β-unsaturated/α-hetero) is 1. The van der Waals surface area contributed by atoms with Crippen LogP contribution in [0.3, 0.4) is 0 Å². The summed E-state index contributed by atoms with van der Waals surface area (Å²) in [5, 5.41) is 0.388. The van der Waals surface area contributed by atoms with Gasteiger partial charge in [0.2, 0.25) is 0 Å². The maximum Gasteiger partial charge on any atom is 0.198 e. The lowest BCUT2D eigenvalue weighted by Gasteiger charge is -1.94. The van der Waals surface area contributed by atoms with E-state index in [0.29, 0.717) is 17.4 Å². The first-order valence-corrected chi connectivity index (χ1v) is 5.35. The number of rotatable bonds is 3. The molecule has 1 heterocycles. The first kappa shape index (κ1) is 10.9. The zero-order valence-corrected chi connectivity index (χ0v) is 9.34. The molecular formula is C13H13FO2. The minimum Gasteiger partial charge on any atom is -0.453 e. The Morgan fingerprint density at radius 2 is 2.19 bits per heavy atom. The number of aryl methyl sites for hydroxylation is 1. The van der Waals surface area contributed by atoms with Crippen LogP contribution in [0.15, 0.2) is 22.6 Å². The van der Waals surface area contributed by atoms with Crippen molar-refractivity contribution in [2.24, 2.45) is 0 Å². The van der Waals surface area contributed by atoms with Gasteiger partial charge in [-0.1, -0.05) is 13.0 Å². The summed E-state index contributed by atoms with van der Waals surface area (Å²) < 4.78 is 18.9. The van der Waals surface area contributed by atoms with Crippen LogP contribution < -0.4 is 0 Å². The Hall–Kier alpha value is -1.64. The second-order valence-electron chi connectivity index (χ2n) is 3.89. The van der Waals surface area contributed by atoms with Crippen LogP contribution in [-0.4, -0.2) is 5.78 Å². The number of furan rings is 1. The summed E-state index contributed by atoms with van der Waals surface area (Å²) in [6, 6.07) is 4.53. The summed E-state index contributed by atoms with van der Waals surface area (Å²) in [5.74, 6) is -0.164. The largest absolute Gasteiger partial charge is 0.453 e. The molecule has 2 aromatic rings. The van der Waals surface area contributed by atoms with E-state index >= 15 is 0 Å². The van der Waals surface area contributed by atoms with Crippen molar-refractivity contribution in [1.82, 2.24) is 0 Å². The molecule has 1 aromatic heterocycles. The highest BCUT2D eigenvalue weighted by Gasteiger charge is 2.14. The molecule has 1 aromatic carbocycles. The quantitative estimate of drug-likeness (QED) is 0.735. The molecule has 16 heavy (non-hydrogen) atoms. The number of fused-ring (bicyclic) bond motifs is 1. The highest BCUT2D eigenvalue weighted by molar-refractivity contribution is 5.98. The molecule has 0 amide bonds. The topological polar surface area (TPSA) is 30.2 Å². The molecule has 0 aliphatic rings. The second kappa shape index (κ2) is 4.08. The van der Waals surface area contributed by atoms with Gasteiger partial charge >= 0.3 is 0 Å². The number of halogens is 1. The fourth-order valence-electron chi connectivity index (χ4n) is 1.71. The molecule has 0 saturated heterocycles. The van der Waals surface area contributed by atoms with Crippen molar-refractivity contribution in [2.45, 2.75) is 26.7 Å². The van der Waals surface area contributed by atoms with Crippen molar-refractivity contribution in [3.63, 3.8) is 0 Å². The molecule has 0 aliphatic carbocycles. The van der Waals surface area contributed by atoms with Crippen LogP contribution in [0.5, 0.6) is 0 Å². The van der Waals surface area contributed by atoms with Gasteiger partial charge < -0.3 is 4.42 Å². The molecule has 2 rings (SSSR count). The molecule has 0 saturated carbocycles. The molecule has 0 aliphatic heterocycles. The Morgan fingerprint density at radius 1 is 1.44 bits per heavy atom. The van der Waals surface area contributed by atoms with Gasteiger partial charge in [-0.3, -0.25) is 4.79 Å². The molecule has 0 spiro atoms. The third kappa shape index (κ3) is 1.73. The molecule has 0 atom stereocenters.